The standard InChI is InChI=1S/C33H35NO4/c1-4-36-33(35)24-38-32-19-16-29(28-14-17-31(18-15-28)37-21-20-34(2)3)23-30(32)22-25-10-12-27(13-11-25)26-8-6-5-7-9-26/h5-19,23H,4,20-22,24H2,1-3H3. The smallest absolute Gasteiger partial charge is 0.344 e. The summed E-state index contributed by atoms with van der Waals surface area (Å²) in [6.07, 6.45) is 0.673. The number of carbonyl (C=O) groups is 1. The Morgan fingerprint density at radius 3 is 2.05 bits per heavy atom. The summed E-state index contributed by atoms with van der Waals surface area (Å²) in [5.41, 5.74) is 6.69. The quantitative estimate of drug-likeness (QED) is 0.204. The molecule has 196 valence electrons. The van der Waals surface area contributed by atoms with E-state index < -0.39 is 0 Å². The highest BCUT2D eigenvalue weighted by Crippen LogP contribution is 2.30. The Labute approximate surface area is 225 Å². The number of likely N-dealkylation sites (N-methyl/N-ethyl adjacent to an activating group) is 1. The minimum Gasteiger partial charge on any atom is -0.492 e. The second-order valence-electron chi connectivity index (χ2n) is 9.33. The molecule has 0 amide bonds. The Kier molecular flexibility index (Phi) is 9.54. The molecule has 0 spiro atoms. The number of carbonyl (C=O) groups excluding carboxylic acids is 1. The van der Waals surface area contributed by atoms with E-state index >= 15 is 0 Å². The first-order chi connectivity index (χ1) is 18.5. The van der Waals surface area contributed by atoms with Gasteiger partial charge in [-0.15, -0.1) is 0 Å². The fourth-order valence-corrected chi connectivity index (χ4v) is 4.13. The number of nitrogens with zero attached hydrogens (tertiary/aromatic N) is 1. The van der Waals surface area contributed by atoms with Crippen LogP contribution in [0.15, 0.2) is 97.1 Å². The predicted octanol–water partition coefficient (Wildman–Crippen LogP) is 6.49. The minimum atomic E-state index is -0.375. The van der Waals surface area contributed by atoms with E-state index in [9.17, 15) is 4.79 Å². The Balaban J connectivity index is 1.54. The highest BCUT2D eigenvalue weighted by Gasteiger charge is 2.11. The van der Waals surface area contributed by atoms with Crippen molar-refractivity contribution in [3.63, 3.8) is 0 Å². The molecule has 4 aromatic carbocycles. The zero-order valence-electron chi connectivity index (χ0n) is 22.4. The van der Waals surface area contributed by atoms with E-state index in [1.807, 2.05) is 56.6 Å². The summed E-state index contributed by atoms with van der Waals surface area (Å²) in [7, 11) is 4.06. The number of ether oxygens (including phenoxy) is 3. The first kappa shape index (κ1) is 27.0. The normalized spacial score (nSPS) is 10.8. The summed E-state index contributed by atoms with van der Waals surface area (Å²) in [5, 5.41) is 0. The molecule has 0 N–H and O–H groups in total. The van der Waals surface area contributed by atoms with Crippen LogP contribution in [-0.4, -0.2) is 51.3 Å². The molecule has 0 saturated carbocycles. The maximum atomic E-state index is 11.9. The topological polar surface area (TPSA) is 48.0 Å². The maximum absolute atomic E-state index is 11.9. The second kappa shape index (κ2) is 13.5. The zero-order valence-corrected chi connectivity index (χ0v) is 22.4. The SMILES string of the molecule is CCOC(=O)COc1ccc(-c2ccc(OCCN(C)C)cc2)cc1Cc1ccc(-c2ccccc2)cc1. The van der Waals surface area contributed by atoms with Crippen molar-refractivity contribution in [2.45, 2.75) is 13.3 Å². The van der Waals surface area contributed by atoms with E-state index in [4.69, 9.17) is 14.2 Å². The zero-order chi connectivity index (χ0) is 26.7. The molecule has 4 rings (SSSR count). The molecule has 38 heavy (non-hydrogen) atoms. The van der Waals surface area contributed by atoms with Crippen LogP contribution in [0.4, 0.5) is 0 Å². The van der Waals surface area contributed by atoms with Crippen molar-refractivity contribution in [1.82, 2.24) is 4.90 Å². The molecular formula is C33H35NO4. The van der Waals surface area contributed by atoms with E-state index in [2.05, 4.69) is 59.5 Å². The van der Waals surface area contributed by atoms with Crippen LogP contribution in [0.2, 0.25) is 0 Å². The van der Waals surface area contributed by atoms with Crippen LogP contribution in [0.1, 0.15) is 18.1 Å². The Morgan fingerprint density at radius 2 is 1.37 bits per heavy atom. The highest BCUT2D eigenvalue weighted by atomic mass is 16.6. The summed E-state index contributed by atoms with van der Waals surface area (Å²) >= 11 is 0. The molecule has 0 fully saturated rings. The van der Waals surface area contributed by atoms with E-state index in [-0.39, 0.29) is 12.6 Å². The van der Waals surface area contributed by atoms with Crippen LogP contribution >= 0.6 is 0 Å². The largest absolute Gasteiger partial charge is 0.492 e. The molecule has 0 bridgehead atoms. The average molecular weight is 510 g/mol. The molecule has 0 aliphatic carbocycles. The van der Waals surface area contributed by atoms with Gasteiger partial charge in [-0.25, -0.2) is 4.79 Å². The molecule has 0 aliphatic heterocycles. The van der Waals surface area contributed by atoms with E-state index in [0.29, 0.717) is 25.4 Å². The van der Waals surface area contributed by atoms with Gasteiger partial charge in [-0.2, -0.15) is 0 Å². The van der Waals surface area contributed by atoms with Gasteiger partial charge in [0, 0.05) is 13.0 Å². The minimum absolute atomic E-state index is 0.119. The maximum Gasteiger partial charge on any atom is 0.344 e. The lowest BCUT2D eigenvalue weighted by molar-refractivity contribution is -0.145. The van der Waals surface area contributed by atoms with Gasteiger partial charge in [0.2, 0.25) is 0 Å². The van der Waals surface area contributed by atoms with Gasteiger partial charge in [0.1, 0.15) is 18.1 Å². The Morgan fingerprint density at radius 1 is 0.737 bits per heavy atom. The number of esters is 1. The summed E-state index contributed by atoms with van der Waals surface area (Å²) in [6.45, 7) is 3.51. The van der Waals surface area contributed by atoms with Crippen molar-refractivity contribution >= 4 is 5.97 Å². The second-order valence-corrected chi connectivity index (χ2v) is 9.33. The van der Waals surface area contributed by atoms with Gasteiger partial charge < -0.3 is 19.1 Å². The van der Waals surface area contributed by atoms with Crippen molar-refractivity contribution in [3.8, 4) is 33.8 Å². The lowest BCUT2D eigenvalue weighted by Crippen LogP contribution is -2.19. The van der Waals surface area contributed by atoms with Crippen LogP contribution < -0.4 is 9.47 Å². The molecule has 5 nitrogen and oxygen atoms in total. The van der Waals surface area contributed by atoms with Crippen LogP contribution in [0.25, 0.3) is 22.3 Å². The lowest BCUT2D eigenvalue weighted by Gasteiger charge is -2.14. The summed E-state index contributed by atoms with van der Waals surface area (Å²) in [4.78, 5) is 14.0. The van der Waals surface area contributed by atoms with Crippen LogP contribution in [0.3, 0.4) is 0 Å². The molecule has 5 heteroatoms. The first-order valence-corrected chi connectivity index (χ1v) is 13.0. The van der Waals surface area contributed by atoms with Crippen molar-refractivity contribution < 1.29 is 19.0 Å². The molecule has 0 aromatic heterocycles. The molecule has 0 atom stereocenters. The number of hydrogen-bond acceptors (Lipinski definition) is 5. The van der Waals surface area contributed by atoms with Crippen molar-refractivity contribution in [1.29, 1.82) is 0 Å². The van der Waals surface area contributed by atoms with Gasteiger partial charge >= 0.3 is 5.97 Å². The van der Waals surface area contributed by atoms with Crippen molar-refractivity contribution in [2.24, 2.45) is 0 Å². The van der Waals surface area contributed by atoms with E-state index in [1.165, 1.54) is 11.1 Å². The molecule has 0 aliphatic rings. The molecule has 0 unspecified atom stereocenters. The van der Waals surface area contributed by atoms with Crippen LogP contribution in [0.5, 0.6) is 11.5 Å². The summed E-state index contributed by atoms with van der Waals surface area (Å²) < 4.78 is 16.8. The monoisotopic (exact) mass is 509 g/mol. The molecule has 0 radical (unpaired) electrons. The number of hydrogen-bond donors (Lipinski definition) is 0. The van der Waals surface area contributed by atoms with Crippen molar-refractivity contribution in [2.75, 3.05) is 40.5 Å². The molecular weight excluding hydrogens is 474 g/mol. The van der Waals surface area contributed by atoms with Gasteiger partial charge in [-0.3, -0.25) is 0 Å². The predicted molar refractivity (Wildman–Crippen MR) is 153 cm³/mol. The van der Waals surface area contributed by atoms with Gasteiger partial charge in [0.05, 0.1) is 6.61 Å². The summed E-state index contributed by atoms with van der Waals surface area (Å²) in [5.74, 6) is 1.15. The van der Waals surface area contributed by atoms with Gasteiger partial charge in [-0.05, 0) is 78.7 Å². The number of benzene rings is 4. The third-order valence-electron chi connectivity index (χ3n) is 6.16. The summed E-state index contributed by atoms with van der Waals surface area (Å²) in [6, 6.07) is 33.1. The molecule has 0 saturated heterocycles. The van der Waals surface area contributed by atoms with Crippen LogP contribution in [-0.2, 0) is 16.0 Å². The first-order valence-electron chi connectivity index (χ1n) is 13.0. The average Bonchev–Trinajstić information content (AvgIpc) is 2.93. The highest BCUT2D eigenvalue weighted by molar-refractivity contribution is 5.71. The fourth-order valence-electron chi connectivity index (χ4n) is 4.13. The van der Waals surface area contributed by atoms with Gasteiger partial charge in [0.25, 0.3) is 0 Å². The van der Waals surface area contributed by atoms with E-state index in [0.717, 1.165) is 34.5 Å². The van der Waals surface area contributed by atoms with Gasteiger partial charge in [-0.1, -0.05) is 72.8 Å². The molecule has 4 aromatic rings. The Hall–Kier alpha value is -4.09. The third kappa shape index (κ3) is 7.70. The Bertz CT molecular complexity index is 1300. The van der Waals surface area contributed by atoms with Gasteiger partial charge in [0.15, 0.2) is 6.61 Å². The third-order valence-corrected chi connectivity index (χ3v) is 6.16. The van der Waals surface area contributed by atoms with E-state index in [1.54, 1.807) is 6.92 Å². The van der Waals surface area contributed by atoms with Crippen molar-refractivity contribution in [3.05, 3.63) is 108 Å². The lowest BCUT2D eigenvalue weighted by atomic mass is 9.97. The number of rotatable bonds is 12. The van der Waals surface area contributed by atoms with Crippen LogP contribution in [0, 0.1) is 0 Å². The molecule has 0 heterocycles. The fraction of sp³-hybridized carbons (Fsp3) is 0.242.